The molecule has 1 amide bonds. The molecular weight excluding hydrogens is 453 g/mol. The highest BCUT2D eigenvalue weighted by Crippen LogP contribution is 2.39. The lowest BCUT2D eigenvalue weighted by molar-refractivity contribution is -0.190. The van der Waals surface area contributed by atoms with E-state index in [0.717, 1.165) is 30.5 Å². The Morgan fingerprint density at radius 2 is 1.55 bits per heavy atom. The molecule has 0 aromatic heterocycles. The Kier molecular flexibility index (Phi) is 6.44. The van der Waals surface area contributed by atoms with Crippen molar-refractivity contribution in [2.45, 2.75) is 43.9 Å². The van der Waals surface area contributed by atoms with Crippen molar-refractivity contribution in [2.75, 3.05) is 23.9 Å². The molecule has 33 heavy (non-hydrogen) atoms. The average Bonchev–Trinajstić information content (AvgIpc) is 3.16. The lowest BCUT2D eigenvalue weighted by Crippen LogP contribution is -2.44. The van der Waals surface area contributed by atoms with Crippen LogP contribution in [-0.4, -0.2) is 50.0 Å². The molecule has 0 bridgehead atoms. The summed E-state index contributed by atoms with van der Waals surface area (Å²) in [5, 5.41) is 3.39. The highest BCUT2D eigenvalue weighted by molar-refractivity contribution is 7.91. The third kappa shape index (κ3) is 5.34. The third-order valence-electron chi connectivity index (χ3n) is 6.60. The molecule has 0 saturated carbocycles. The molecule has 1 saturated heterocycles. The van der Waals surface area contributed by atoms with Crippen molar-refractivity contribution < 1.29 is 26.4 Å². The minimum Gasteiger partial charge on any atom is -0.382 e. The molecule has 1 atom stereocenters. The lowest BCUT2D eigenvalue weighted by Gasteiger charge is -2.34. The summed E-state index contributed by atoms with van der Waals surface area (Å²) in [6, 6.07) is 12.3. The van der Waals surface area contributed by atoms with E-state index in [2.05, 4.69) is 17.4 Å². The van der Waals surface area contributed by atoms with E-state index in [-0.39, 0.29) is 36.0 Å². The predicted octanol–water partition coefficient (Wildman–Crippen LogP) is 4.15. The van der Waals surface area contributed by atoms with Crippen LogP contribution in [0.5, 0.6) is 0 Å². The molecule has 1 heterocycles. The summed E-state index contributed by atoms with van der Waals surface area (Å²) < 4.78 is 65.2. The minimum atomic E-state index is -4.66. The first-order chi connectivity index (χ1) is 15.5. The summed E-state index contributed by atoms with van der Waals surface area (Å²) >= 11 is 0. The number of hydrogen-bond acceptors (Lipinski definition) is 4. The van der Waals surface area contributed by atoms with Gasteiger partial charge in [0.25, 0.3) is 0 Å². The normalized spacial score (nSPS) is 19.6. The Morgan fingerprint density at radius 3 is 2.06 bits per heavy atom. The van der Waals surface area contributed by atoms with Crippen LogP contribution in [0.1, 0.15) is 35.6 Å². The summed E-state index contributed by atoms with van der Waals surface area (Å²) in [5.41, 5.74) is 3.25. The standard InChI is InChI=1S/C24H27F3N2O3S/c1-29(23(30)17-10-12-33(31,32)13-11-17)22(24(25,26)27)16-6-8-20(9-7-16)28-21-14-18-4-2-3-5-19(18)15-21/h2-9,17,21-22,28H,10-15H2,1H3/t22-/m0/s1. The van der Waals surface area contributed by atoms with E-state index in [1.807, 2.05) is 12.1 Å². The maximum atomic E-state index is 14.0. The predicted molar refractivity (Wildman–Crippen MR) is 121 cm³/mol. The number of nitrogens with one attached hydrogen (secondary N) is 1. The number of hydrogen-bond donors (Lipinski definition) is 1. The fraction of sp³-hybridized carbons (Fsp3) is 0.458. The van der Waals surface area contributed by atoms with Gasteiger partial charge in [0.05, 0.1) is 11.5 Å². The summed E-state index contributed by atoms with van der Waals surface area (Å²) in [7, 11) is -2.06. The number of nitrogens with zero attached hydrogens (tertiary/aromatic N) is 1. The molecule has 0 radical (unpaired) electrons. The Morgan fingerprint density at radius 1 is 1.00 bits per heavy atom. The van der Waals surface area contributed by atoms with Gasteiger partial charge >= 0.3 is 6.18 Å². The molecular formula is C24H27F3N2O3S. The van der Waals surface area contributed by atoms with Crippen LogP contribution in [0.25, 0.3) is 0 Å². The van der Waals surface area contributed by atoms with Crippen LogP contribution >= 0.6 is 0 Å². The second-order valence-corrected chi connectivity index (χ2v) is 11.3. The van der Waals surface area contributed by atoms with Gasteiger partial charge in [-0.05, 0) is 54.5 Å². The van der Waals surface area contributed by atoms with E-state index < -0.39 is 33.9 Å². The van der Waals surface area contributed by atoms with E-state index in [9.17, 15) is 26.4 Å². The molecule has 1 N–H and O–H groups in total. The lowest BCUT2D eigenvalue weighted by atomic mass is 9.98. The van der Waals surface area contributed by atoms with E-state index >= 15 is 0 Å². The first kappa shape index (κ1) is 23.6. The molecule has 9 heteroatoms. The topological polar surface area (TPSA) is 66.5 Å². The number of amides is 1. The molecule has 0 unspecified atom stereocenters. The van der Waals surface area contributed by atoms with Gasteiger partial charge < -0.3 is 10.2 Å². The zero-order valence-electron chi connectivity index (χ0n) is 18.3. The molecule has 4 rings (SSSR count). The first-order valence-corrected chi connectivity index (χ1v) is 12.8. The van der Waals surface area contributed by atoms with Crippen LogP contribution in [0.4, 0.5) is 18.9 Å². The molecule has 1 aliphatic heterocycles. The van der Waals surface area contributed by atoms with Crippen molar-refractivity contribution in [3.8, 4) is 0 Å². The van der Waals surface area contributed by atoms with E-state index in [0.29, 0.717) is 0 Å². The fourth-order valence-corrected chi connectivity index (χ4v) is 6.33. The third-order valence-corrected chi connectivity index (χ3v) is 8.31. The number of benzene rings is 2. The zero-order valence-corrected chi connectivity index (χ0v) is 19.1. The first-order valence-electron chi connectivity index (χ1n) is 11.0. The van der Waals surface area contributed by atoms with Gasteiger partial charge in [0, 0.05) is 24.7 Å². The van der Waals surface area contributed by atoms with Gasteiger partial charge in [-0.2, -0.15) is 13.2 Å². The van der Waals surface area contributed by atoms with Crippen molar-refractivity contribution in [1.82, 2.24) is 4.90 Å². The molecule has 5 nitrogen and oxygen atoms in total. The Bertz CT molecular complexity index is 1080. The van der Waals surface area contributed by atoms with Crippen LogP contribution in [0.3, 0.4) is 0 Å². The largest absolute Gasteiger partial charge is 0.413 e. The highest BCUT2D eigenvalue weighted by Gasteiger charge is 2.46. The monoisotopic (exact) mass is 480 g/mol. The van der Waals surface area contributed by atoms with E-state index in [1.54, 1.807) is 12.1 Å². The SMILES string of the molecule is CN(C(=O)C1CCS(=O)(=O)CC1)[C@@H](c1ccc(NC2Cc3ccccc3C2)cc1)C(F)(F)F. The molecule has 2 aliphatic rings. The van der Waals surface area contributed by atoms with Crippen molar-refractivity contribution >= 4 is 21.4 Å². The number of sulfone groups is 1. The van der Waals surface area contributed by atoms with E-state index in [4.69, 9.17) is 0 Å². The number of rotatable bonds is 5. The molecule has 2 aromatic carbocycles. The van der Waals surface area contributed by atoms with Gasteiger partial charge in [0.15, 0.2) is 6.04 Å². The smallest absolute Gasteiger partial charge is 0.382 e. The van der Waals surface area contributed by atoms with Crippen molar-refractivity contribution in [3.63, 3.8) is 0 Å². The van der Waals surface area contributed by atoms with E-state index in [1.165, 1.54) is 23.3 Å². The van der Waals surface area contributed by atoms with Gasteiger partial charge in [0.1, 0.15) is 9.84 Å². The zero-order chi connectivity index (χ0) is 23.8. The summed E-state index contributed by atoms with van der Waals surface area (Å²) in [5.74, 6) is -1.72. The quantitative estimate of drug-likeness (QED) is 0.698. The van der Waals surface area contributed by atoms with Crippen molar-refractivity contribution in [3.05, 3.63) is 65.2 Å². The van der Waals surface area contributed by atoms with Crippen LogP contribution in [0.2, 0.25) is 0 Å². The Balaban J connectivity index is 1.46. The molecule has 2 aromatic rings. The summed E-state index contributed by atoms with van der Waals surface area (Å²) in [6.45, 7) is 0. The van der Waals surface area contributed by atoms with Gasteiger partial charge in [-0.3, -0.25) is 4.79 Å². The van der Waals surface area contributed by atoms with Gasteiger partial charge in [-0.15, -0.1) is 0 Å². The average molecular weight is 481 g/mol. The van der Waals surface area contributed by atoms with Crippen LogP contribution in [0.15, 0.2) is 48.5 Å². The van der Waals surface area contributed by atoms with Crippen LogP contribution in [0, 0.1) is 5.92 Å². The highest BCUT2D eigenvalue weighted by atomic mass is 32.2. The van der Waals surface area contributed by atoms with Crippen molar-refractivity contribution in [2.24, 2.45) is 5.92 Å². The minimum absolute atomic E-state index is 0.0259. The summed E-state index contributed by atoms with van der Waals surface area (Å²) in [6.07, 6.45) is -2.83. The number of halogens is 3. The Hall–Kier alpha value is -2.55. The fourth-order valence-electron chi connectivity index (χ4n) is 4.84. The van der Waals surface area contributed by atoms with Gasteiger partial charge in [-0.1, -0.05) is 36.4 Å². The second kappa shape index (κ2) is 9.00. The van der Waals surface area contributed by atoms with Crippen molar-refractivity contribution in [1.29, 1.82) is 0 Å². The van der Waals surface area contributed by atoms with Crippen LogP contribution < -0.4 is 5.32 Å². The summed E-state index contributed by atoms with van der Waals surface area (Å²) in [4.78, 5) is 13.5. The van der Waals surface area contributed by atoms with Gasteiger partial charge in [0.2, 0.25) is 5.91 Å². The molecule has 0 spiro atoms. The number of alkyl halides is 3. The Labute approximate surface area is 191 Å². The number of fused-ring (bicyclic) bond motifs is 1. The van der Waals surface area contributed by atoms with Gasteiger partial charge in [-0.25, -0.2) is 8.42 Å². The molecule has 1 aliphatic carbocycles. The number of carbonyl (C=O) groups is 1. The molecule has 1 fully saturated rings. The molecule has 178 valence electrons. The second-order valence-electron chi connectivity index (χ2n) is 8.96. The number of anilines is 1. The maximum Gasteiger partial charge on any atom is 0.413 e. The van der Waals surface area contributed by atoms with Crippen LogP contribution in [-0.2, 0) is 27.5 Å². The number of carbonyl (C=O) groups excluding carboxylic acids is 1. The maximum absolute atomic E-state index is 14.0.